The fraction of sp³-hybridized carbons (Fsp3) is 0.800. The van der Waals surface area contributed by atoms with Crippen molar-refractivity contribution in [1.82, 2.24) is 4.57 Å². The summed E-state index contributed by atoms with van der Waals surface area (Å²) in [6, 6.07) is 0. The summed E-state index contributed by atoms with van der Waals surface area (Å²) < 4.78 is 2.06. The quantitative estimate of drug-likeness (QED) is 0.199. The molecule has 2 nitrogen and oxygen atoms in total. The first kappa shape index (κ1) is 24.0. The van der Waals surface area contributed by atoms with Gasteiger partial charge in [0.25, 0.3) is 0 Å². The maximum atomic E-state index is 12.4. The Morgan fingerprint density at radius 2 is 1.15 bits per heavy atom. The van der Waals surface area contributed by atoms with Crippen molar-refractivity contribution in [3.63, 3.8) is 0 Å². The van der Waals surface area contributed by atoms with Gasteiger partial charge in [-0.3, -0.25) is 4.79 Å². The van der Waals surface area contributed by atoms with Crippen molar-refractivity contribution >= 4 is 5.78 Å². The molecule has 1 aromatic heterocycles. The third kappa shape index (κ3) is 10.2. The Labute approximate surface area is 169 Å². The zero-order valence-electron chi connectivity index (χ0n) is 18.7. The van der Waals surface area contributed by atoms with Crippen LogP contribution in [0.25, 0.3) is 0 Å². The van der Waals surface area contributed by atoms with Crippen LogP contribution in [0.4, 0.5) is 0 Å². The predicted octanol–water partition coefficient (Wildman–Crippen LogP) is 8.09. The van der Waals surface area contributed by atoms with Crippen LogP contribution in [0, 0.1) is 13.8 Å². The molecule has 0 N–H and O–H groups in total. The molecular formula is C25H45NO. The van der Waals surface area contributed by atoms with E-state index in [0.717, 1.165) is 17.5 Å². The lowest BCUT2D eigenvalue weighted by Crippen LogP contribution is -1.99. The Kier molecular flexibility index (Phi) is 13.3. The Hall–Kier alpha value is -1.05. The number of hydrogen-bond donors (Lipinski definition) is 0. The Bertz CT molecular complexity index is 515. The SMILES string of the molecule is CCCCCCCCCCCCCCCCCC(=O)c1cn(C)c(C)c1C. The van der Waals surface area contributed by atoms with Gasteiger partial charge in [-0.15, -0.1) is 0 Å². The number of ketones is 1. The van der Waals surface area contributed by atoms with Crippen molar-refractivity contribution in [1.29, 1.82) is 0 Å². The summed E-state index contributed by atoms with van der Waals surface area (Å²) in [6.07, 6.45) is 23.2. The molecule has 0 spiro atoms. The first-order valence-electron chi connectivity index (χ1n) is 11.7. The highest BCUT2D eigenvalue weighted by Crippen LogP contribution is 2.18. The second-order valence-corrected chi connectivity index (χ2v) is 8.49. The number of carbonyl (C=O) groups excluding carboxylic acids is 1. The van der Waals surface area contributed by atoms with E-state index < -0.39 is 0 Å². The van der Waals surface area contributed by atoms with Gasteiger partial charge in [0, 0.05) is 30.9 Å². The number of aryl methyl sites for hydroxylation is 1. The molecule has 0 saturated carbocycles. The molecule has 0 unspecified atom stereocenters. The summed E-state index contributed by atoms with van der Waals surface area (Å²) in [4.78, 5) is 12.4. The van der Waals surface area contributed by atoms with Gasteiger partial charge in [0.2, 0.25) is 0 Å². The molecule has 1 heterocycles. The van der Waals surface area contributed by atoms with E-state index in [4.69, 9.17) is 0 Å². The fourth-order valence-electron chi connectivity index (χ4n) is 3.92. The lowest BCUT2D eigenvalue weighted by atomic mass is 10.0. The molecule has 0 amide bonds. The second-order valence-electron chi connectivity index (χ2n) is 8.49. The minimum atomic E-state index is 0.325. The normalized spacial score (nSPS) is 11.3. The van der Waals surface area contributed by atoms with Gasteiger partial charge in [0.1, 0.15) is 0 Å². The molecular weight excluding hydrogens is 330 g/mol. The molecule has 0 radical (unpaired) electrons. The average molecular weight is 376 g/mol. The number of Topliss-reactive ketones (excluding diaryl/α,β-unsaturated/α-hetero) is 1. The fourth-order valence-corrected chi connectivity index (χ4v) is 3.92. The van der Waals surface area contributed by atoms with E-state index in [1.165, 1.54) is 95.6 Å². The number of carbonyl (C=O) groups is 1. The summed E-state index contributed by atoms with van der Waals surface area (Å²) in [7, 11) is 2.02. The number of nitrogens with zero attached hydrogens (tertiary/aromatic N) is 1. The van der Waals surface area contributed by atoms with E-state index in [0.29, 0.717) is 12.2 Å². The minimum Gasteiger partial charge on any atom is -0.354 e. The molecule has 0 saturated heterocycles. The molecule has 2 heteroatoms. The van der Waals surface area contributed by atoms with E-state index in [1.807, 2.05) is 13.2 Å². The van der Waals surface area contributed by atoms with Crippen molar-refractivity contribution < 1.29 is 4.79 Å². The van der Waals surface area contributed by atoms with Crippen LogP contribution in [0.1, 0.15) is 131 Å². The third-order valence-corrected chi connectivity index (χ3v) is 6.11. The van der Waals surface area contributed by atoms with Crippen LogP contribution in [0.3, 0.4) is 0 Å². The van der Waals surface area contributed by atoms with Crippen LogP contribution < -0.4 is 0 Å². The zero-order valence-corrected chi connectivity index (χ0v) is 18.7. The molecule has 0 aliphatic rings. The van der Waals surface area contributed by atoms with Gasteiger partial charge in [-0.05, 0) is 25.8 Å². The van der Waals surface area contributed by atoms with Crippen LogP contribution in [0.5, 0.6) is 0 Å². The summed E-state index contributed by atoms with van der Waals surface area (Å²) in [5, 5.41) is 0. The van der Waals surface area contributed by atoms with Crippen molar-refractivity contribution in [3.8, 4) is 0 Å². The maximum absolute atomic E-state index is 12.4. The highest BCUT2D eigenvalue weighted by molar-refractivity contribution is 5.97. The molecule has 0 fully saturated rings. The lowest BCUT2D eigenvalue weighted by molar-refractivity contribution is 0.0978. The highest BCUT2D eigenvalue weighted by atomic mass is 16.1. The first-order valence-corrected chi connectivity index (χ1v) is 11.7. The molecule has 1 rings (SSSR count). The zero-order chi connectivity index (χ0) is 19.9. The van der Waals surface area contributed by atoms with Crippen LogP contribution in [-0.4, -0.2) is 10.4 Å². The van der Waals surface area contributed by atoms with Crippen LogP contribution in [0.2, 0.25) is 0 Å². The molecule has 0 aliphatic heterocycles. The van der Waals surface area contributed by atoms with Crippen molar-refractivity contribution in [2.24, 2.45) is 7.05 Å². The molecule has 156 valence electrons. The number of rotatable bonds is 17. The maximum Gasteiger partial charge on any atom is 0.164 e. The smallest absolute Gasteiger partial charge is 0.164 e. The Balaban J connectivity index is 1.89. The van der Waals surface area contributed by atoms with Crippen molar-refractivity contribution in [2.45, 2.75) is 124 Å². The van der Waals surface area contributed by atoms with Gasteiger partial charge in [0.15, 0.2) is 5.78 Å². The molecule has 0 aliphatic carbocycles. The summed E-state index contributed by atoms with van der Waals surface area (Å²) in [6.45, 7) is 6.43. The summed E-state index contributed by atoms with van der Waals surface area (Å²) in [5.41, 5.74) is 3.29. The second kappa shape index (κ2) is 14.9. The van der Waals surface area contributed by atoms with E-state index in [-0.39, 0.29) is 0 Å². The highest BCUT2D eigenvalue weighted by Gasteiger charge is 2.13. The van der Waals surface area contributed by atoms with Gasteiger partial charge in [-0.2, -0.15) is 0 Å². The monoisotopic (exact) mass is 375 g/mol. The van der Waals surface area contributed by atoms with Crippen LogP contribution in [-0.2, 0) is 7.05 Å². The van der Waals surface area contributed by atoms with E-state index in [9.17, 15) is 4.79 Å². The topological polar surface area (TPSA) is 22.0 Å². The van der Waals surface area contributed by atoms with Crippen LogP contribution >= 0.6 is 0 Å². The van der Waals surface area contributed by atoms with Gasteiger partial charge < -0.3 is 4.57 Å². The van der Waals surface area contributed by atoms with Gasteiger partial charge in [-0.1, -0.05) is 96.8 Å². The lowest BCUT2D eigenvalue weighted by Gasteiger charge is -2.04. The minimum absolute atomic E-state index is 0.325. The number of aromatic nitrogens is 1. The van der Waals surface area contributed by atoms with E-state index in [1.54, 1.807) is 0 Å². The van der Waals surface area contributed by atoms with Gasteiger partial charge in [-0.25, -0.2) is 0 Å². The Morgan fingerprint density at radius 1 is 0.741 bits per heavy atom. The van der Waals surface area contributed by atoms with Gasteiger partial charge >= 0.3 is 0 Å². The molecule has 27 heavy (non-hydrogen) atoms. The van der Waals surface area contributed by atoms with Crippen molar-refractivity contribution in [3.05, 3.63) is 23.0 Å². The third-order valence-electron chi connectivity index (χ3n) is 6.11. The molecule has 0 aromatic carbocycles. The predicted molar refractivity (Wildman–Crippen MR) is 119 cm³/mol. The largest absolute Gasteiger partial charge is 0.354 e. The number of unbranched alkanes of at least 4 members (excludes halogenated alkanes) is 14. The van der Waals surface area contributed by atoms with Gasteiger partial charge in [0.05, 0.1) is 0 Å². The van der Waals surface area contributed by atoms with Crippen LogP contribution in [0.15, 0.2) is 6.20 Å². The molecule has 0 atom stereocenters. The summed E-state index contributed by atoms with van der Waals surface area (Å²) >= 11 is 0. The van der Waals surface area contributed by atoms with E-state index in [2.05, 4.69) is 25.3 Å². The standard InChI is InChI=1S/C25H45NO/c1-5-6-7-8-9-10-11-12-13-14-15-16-17-18-19-20-25(27)24-21-26(4)23(3)22(24)2/h21H,5-20H2,1-4H3. The molecule has 0 bridgehead atoms. The summed E-state index contributed by atoms with van der Waals surface area (Å²) in [5.74, 6) is 0.325. The average Bonchev–Trinajstić information content (AvgIpc) is 2.92. The Morgan fingerprint density at radius 3 is 1.52 bits per heavy atom. The first-order chi connectivity index (χ1) is 13.1. The van der Waals surface area contributed by atoms with E-state index >= 15 is 0 Å². The number of hydrogen-bond acceptors (Lipinski definition) is 1. The van der Waals surface area contributed by atoms with Crippen molar-refractivity contribution in [2.75, 3.05) is 0 Å². The molecule has 1 aromatic rings.